The van der Waals surface area contributed by atoms with Crippen LogP contribution in [-0.4, -0.2) is 11.7 Å². The number of hydrogen-bond donors (Lipinski definition) is 2. The minimum atomic E-state index is -4.36. The Morgan fingerprint density at radius 3 is 2.65 bits per heavy atom. The van der Waals surface area contributed by atoms with Crippen LogP contribution < -0.4 is 5.32 Å². The fourth-order valence-electron chi connectivity index (χ4n) is 1.25. The van der Waals surface area contributed by atoms with Gasteiger partial charge in [0.1, 0.15) is 0 Å². The smallest absolute Gasteiger partial charge is 0.352 e. The lowest BCUT2D eigenvalue weighted by atomic mass is 10.1. The molecule has 6 heteroatoms. The van der Waals surface area contributed by atoms with Crippen molar-refractivity contribution in [3.8, 4) is 0 Å². The van der Waals surface area contributed by atoms with E-state index in [1.54, 1.807) is 0 Å². The maximum absolute atomic E-state index is 12.4. The van der Waals surface area contributed by atoms with E-state index in [1.165, 1.54) is 12.1 Å². The van der Waals surface area contributed by atoms with Crippen LogP contribution in [0.5, 0.6) is 0 Å². The molecule has 0 saturated carbocycles. The van der Waals surface area contributed by atoms with E-state index in [4.69, 9.17) is 0 Å². The lowest BCUT2D eigenvalue weighted by Crippen LogP contribution is -2.23. The van der Waals surface area contributed by atoms with E-state index in [0.29, 0.717) is 11.3 Å². The Morgan fingerprint density at radius 2 is 2.06 bits per heavy atom. The minimum Gasteiger partial charge on any atom is -0.352 e. The quantitative estimate of drug-likeness (QED) is 0.803. The molecule has 1 amide bonds. The van der Waals surface area contributed by atoms with Crippen molar-refractivity contribution in [3.05, 3.63) is 35.4 Å². The second-order valence-corrected chi connectivity index (χ2v) is 3.90. The van der Waals surface area contributed by atoms with Crippen LogP contribution in [0.15, 0.2) is 24.3 Å². The molecule has 0 radical (unpaired) electrons. The van der Waals surface area contributed by atoms with Gasteiger partial charge in [0.05, 0.1) is 5.56 Å². The van der Waals surface area contributed by atoms with Crippen molar-refractivity contribution in [1.29, 1.82) is 0 Å². The van der Waals surface area contributed by atoms with Crippen molar-refractivity contribution in [2.24, 2.45) is 0 Å². The highest BCUT2D eigenvalue weighted by atomic mass is 32.1. The first kappa shape index (κ1) is 13.9. The normalized spacial score (nSPS) is 11.3. The number of amides is 1. The molecule has 0 heterocycles. The third kappa shape index (κ3) is 4.68. The van der Waals surface area contributed by atoms with Gasteiger partial charge in [-0.05, 0) is 23.4 Å². The molecule has 0 spiro atoms. The number of halogens is 3. The summed E-state index contributed by atoms with van der Waals surface area (Å²) in [6, 6.07) is 4.89. The molecule has 0 aliphatic carbocycles. The Kier molecular flexibility index (Phi) is 4.86. The van der Waals surface area contributed by atoms with Gasteiger partial charge < -0.3 is 5.32 Å². The summed E-state index contributed by atoms with van der Waals surface area (Å²) >= 11 is 3.88. The summed E-state index contributed by atoms with van der Waals surface area (Å²) in [6.45, 7) is 0.0938. The number of thiol groups is 1. The first-order valence-corrected chi connectivity index (χ1v) is 5.60. The zero-order chi connectivity index (χ0) is 12.9. The summed E-state index contributed by atoms with van der Waals surface area (Å²) < 4.78 is 37.2. The molecule has 0 unspecified atom stereocenters. The highest BCUT2D eigenvalue weighted by molar-refractivity contribution is 7.80. The molecule has 1 aromatic rings. The third-order valence-corrected chi connectivity index (χ3v) is 2.31. The van der Waals surface area contributed by atoms with Crippen molar-refractivity contribution >= 4 is 18.5 Å². The Hall–Kier alpha value is -1.17. The van der Waals surface area contributed by atoms with Crippen LogP contribution >= 0.6 is 12.6 Å². The van der Waals surface area contributed by atoms with E-state index in [1.807, 2.05) is 0 Å². The van der Waals surface area contributed by atoms with Crippen molar-refractivity contribution in [2.45, 2.75) is 19.1 Å². The average molecular weight is 263 g/mol. The van der Waals surface area contributed by atoms with Crippen molar-refractivity contribution in [3.63, 3.8) is 0 Å². The first-order chi connectivity index (χ1) is 7.93. The van der Waals surface area contributed by atoms with Gasteiger partial charge in [0.25, 0.3) is 0 Å². The Bertz CT molecular complexity index is 393. The van der Waals surface area contributed by atoms with Gasteiger partial charge in [0.15, 0.2) is 0 Å². The lowest BCUT2D eigenvalue weighted by Gasteiger charge is -2.09. The third-order valence-electron chi connectivity index (χ3n) is 2.08. The number of benzene rings is 1. The molecule has 1 rings (SSSR count). The molecule has 0 fully saturated rings. The molecule has 94 valence electrons. The van der Waals surface area contributed by atoms with Gasteiger partial charge in [-0.1, -0.05) is 12.1 Å². The monoisotopic (exact) mass is 263 g/mol. The number of alkyl halides is 3. The summed E-state index contributed by atoms with van der Waals surface area (Å²) in [5.41, 5.74) is -0.286. The first-order valence-electron chi connectivity index (χ1n) is 4.97. The van der Waals surface area contributed by atoms with Crippen LogP contribution in [0.25, 0.3) is 0 Å². The zero-order valence-electron chi connectivity index (χ0n) is 8.92. The topological polar surface area (TPSA) is 29.1 Å². The molecule has 0 atom stereocenters. The molecule has 0 bridgehead atoms. The summed E-state index contributed by atoms with van der Waals surface area (Å²) in [6.07, 6.45) is -4.10. The second kappa shape index (κ2) is 5.95. The molecule has 2 nitrogen and oxygen atoms in total. The van der Waals surface area contributed by atoms with Crippen LogP contribution in [0.3, 0.4) is 0 Å². The number of hydrogen-bond acceptors (Lipinski definition) is 2. The Labute approximate surface area is 103 Å². The van der Waals surface area contributed by atoms with E-state index in [9.17, 15) is 18.0 Å². The van der Waals surface area contributed by atoms with Gasteiger partial charge in [-0.25, -0.2) is 0 Å². The Balaban J connectivity index is 2.64. The van der Waals surface area contributed by atoms with Crippen LogP contribution in [0.2, 0.25) is 0 Å². The van der Waals surface area contributed by atoms with Gasteiger partial charge in [0.2, 0.25) is 5.91 Å². The molecule has 0 aliphatic heterocycles. The predicted octanol–water partition coefficient (Wildman–Crippen LogP) is 2.64. The van der Waals surface area contributed by atoms with Crippen LogP contribution in [0.4, 0.5) is 13.2 Å². The van der Waals surface area contributed by atoms with Crippen LogP contribution in [0.1, 0.15) is 17.5 Å². The summed E-state index contributed by atoms with van der Waals surface area (Å²) in [5.74, 6) is 0.187. The van der Waals surface area contributed by atoms with E-state index in [0.717, 1.165) is 12.1 Å². The van der Waals surface area contributed by atoms with Gasteiger partial charge in [-0.15, -0.1) is 0 Å². The molecule has 0 aromatic heterocycles. The minimum absolute atomic E-state index is 0.0938. The van der Waals surface area contributed by atoms with Crippen LogP contribution in [-0.2, 0) is 17.5 Å². The maximum Gasteiger partial charge on any atom is 0.416 e. The predicted molar refractivity (Wildman–Crippen MR) is 61.8 cm³/mol. The fraction of sp³-hybridized carbons (Fsp3) is 0.364. The number of nitrogens with one attached hydrogen (secondary N) is 1. The van der Waals surface area contributed by atoms with E-state index in [-0.39, 0.29) is 18.9 Å². The highest BCUT2D eigenvalue weighted by Gasteiger charge is 2.30. The SMILES string of the molecule is O=C(CCS)NCc1cccc(C(F)(F)F)c1. The summed E-state index contributed by atoms with van der Waals surface area (Å²) in [7, 11) is 0. The van der Waals surface area contributed by atoms with E-state index < -0.39 is 11.7 Å². The molecule has 1 N–H and O–H groups in total. The largest absolute Gasteiger partial charge is 0.416 e. The molecule has 1 aromatic carbocycles. The number of rotatable bonds is 4. The molecule has 17 heavy (non-hydrogen) atoms. The second-order valence-electron chi connectivity index (χ2n) is 3.45. The summed E-state index contributed by atoms with van der Waals surface area (Å²) in [5, 5.41) is 2.52. The number of carbonyl (C=O) groups excluding carboxylic acids is 1. The lowest BCUT2D eigenvalue weighted by molar-refractivity contribution is -0.137. The molecular formula is C11H12F3NOS. The molecule has 0 aliphatic rings. The van der Waals surface area contributed by atoms with Gasteiger partial charge in [-0.2, -0.15) is 25.8 Å². The van der Waals surface area contributed by atoms with Gasteiger partial charge in [-0.3, -0.25) is 4.79 Å². The van der Waals surface area contributed by atoms with Crippen molar-refractivity contribution in [1.82, 2.24) is 5.32 Å². The van der Waals surface area contributed by atoms with Crippen LogP contribution in [0, 0.1) is 0 Å². The standard InChI is InChI=1S/C11H12F3NOS/c12-11(13,14)9-3-1-2-8(6-9)7-15-10(16)4-5-17/h1-3,6,17H,4-5,7H2,(H,15,16). The number of carbonyl (C=O) groups is 1. The molecule has 0 saturated heterocycles. The summed E-state index contributed by atoms with van der Waals surface area (Å²) in [4.78, 5) is 11.1. The highest BCUT2D eigenvalue weighted by Crippen LogP contribution is 2.29. The van der Waals surface area contributed by atoms with E-state index >= 15 is 0 Å². The molecular weight excluding hydrogens is 251 g/mol. The fourth-order valence-corrected chi connectivity index (χ4v) is 1.45. The maximum atomic E-state index is 12.4. The van der Waals surface area contributed by atoms with Crippen molar-refractivity contribution < 1.29 is 18.0 Å². The van der Waals surface area contributed by atoms with Gasteiger partial charge >= 0.3 is 6.18 Å². The average Bonchev–Trinajstić information content (AvgIpc) is 2.26. The van der Waals surface area contributed by atoms with Crippen molar-refractivity contribution in [2.75, 3.05) is 5.75 Å². The Morgan fingerprint density at radius 1 is 1.35 bits per heavy atom. The zero-order valence-corrected chi connectivity index (χ0v) is 9.81. The van der Waals surface area contributed by atoms with E-state index in [2.05, 4.69) is 17.9 Å². The van der Waals surface area contributed by atoms with Gasteiger partial charge in [0, 0.05) is 13.0 Å².